The first kappa shape index (κ1) is 11.5. The number of carbonyl (C=O) groups is 1. The first-order chi connectivity index (χ1) is 9.31. The van der Waals surface area contributed by atoms with E-state index < -0.39 is 0 Å². The summed E-state index contributed by atoms with van der Waals surface area (Å²) < 4.78 is 6.63. The molecule has 0 aliphatic heterocycles. The molecule has 0 radical (unpaired) electrons. The molecule has 0 N–H and O–H groups in total. The zero-order chi connectivity index (χ0) is 13.2. The summed E-state index contributed by atoms with van der Waals surface area (Å²) in [6.07, 6.45) is 3.33. The fraction of sp³-hybridized carbons (Fsp3) is 0.0667. The first-order valence-electron chi connectivity index (χ1n) is 5.90. The topological polar surface area (TPSA) is 43.6 Å². The average Bonchev–Trinajstić information content (AvgIpc) is 2.94. The molecule has 0 atom stereocenters. The number of imidazole rings is 1. The summed E-state index contributed by atoms with van der Waals surface area (Å²) in [5, 5.41) is 0. The third kappa shape index (κ3) is 1.87. The molecule has 0 aliphatic rings. The minimum atomic E-state index is -0.373. The molecule has 19 heavy (non-hydrogen) atoms. The molecule has 4 heteroatoms. The van der Waals surface area contributed by atoms with Gasteiger partial charge in [0.15, 0.2) is 0 Å². The number of benzene rings is 1. The molecule has 0 saturated heterocycles. The molecular formula is C15H12N2O2. The summed E-state index contributed by atoms with van der Waals surface area (Å²) in [6, 6.07) is 13.6. The first-order valence-corrected chi connectivity index (χ1v) is 5.90. The Hall–Kier alpha value is -2.62. The molecule has 4 nitrogen and oxygen atoms in total. The van der Waals surface area contributed by atoms with Gasteiger partial charge in [-0.25, -0.2) is 9.78 Å². The van der Waals surface area contributed by atoms with Gasteiger partial charge in [-0.2, -0.15) is 0 Å². The number of esters is 1. The Bertz CT molecular complexity index is 732. The highest BCUT2D eigenvalue weighted by Crippen LogP contribution is 2.25. The highest BCUT2D eigenvalue weighted by molar-refractivity contribution is 5.96. The van der Waals surface area contributed by atoms with E-state index in [-0.39, 0.29) is 5.97 Å². The van der Waals surface area contributed by atoms with E-state index in [9.17, 15) is 4.79 Å². The standard InChI is InChI=1S/C15H12N2O2/c1-19-15(18)14-13(11-5-3-2-4-6-11)8-7-12-9-16-10-17(12)14/h2-10H,1H3. The molecule has 94 valence electrons. The van der Waals surface area contributed by atoms with Gasteiger partial charge in [-0.3, -0.25) is 4.40 Å². The van der Waals surface area contributed by atoms with Crippen LogP contribution in [-0.2, 0) is 4.74 Å². The number of methoxy groups -OCH3 is 1. The van der Waals surface area contributed by atoms with Crippen LogP contribution >= 0.6 is 0 Å². The van der Waals surface area contributed by atoms with E-state index in [4.69, 9.17) is 4.74 Å². The van der Waals surface area contributed by atoms with Crippen LogP contribution < -0.4 is 0 Å². The molecule has 3 rings (SSSR count). The van der Waals surface area contributed by atoms with Crippen LogP contribution in [0.15, 0.2) is 55.0 Å². The summed E-state index contributed by atoms with van der Waals surface area (Å²) in [6.45, 7) is 0. The minimum Gasteiger partial charge on any atom is -0.464 e. The van der Waals surface area contributed by atoms with Gasteiger partial charge >= 0.3 is 5.97 Å². The molecule has 0 spiro atoms. The van der Waals surface area contributed by atoms with Gasteiger partial charge in [0.05, 0.1) is 25.2 Å². The Labute approximate surface area is 110 Å². The smallest absolute Gasteiger partial charge is 0.355 e. The largest absolute Gasteiger partial charge is 0.464 e. The number of hydrogen-bond acceptors (Lipinski definition) is 3. The van der Waals surface area contributed by atoms with Crippen molar-refractivity contribution in [1.29, 1.82) is 0 Å². The third-order valence-corrected chi connectivity index (χ3v) is 3.05. The molecule has 0 fully saturated rings. The fourth-order valence-electron chi connectivity index (χ4n) is 2.15. The van der Waals surface area contributed by atoms with Gasteiger partial charge in [0.1, 0.15) is 5.69 Å². The van der Waals surface area contributed by atoms with Crippen molar-refractivity contribution in [3.8, 4) is 11.1 Å². The predicted molar refractivity (Wildman–Crippen MR) is 72.0 cm³/mol. The lowest BCUT2D eigenvalue weighted by Gasteiger charge is -2.10. The predicted octanol–water partition coefficient (Wildman–Crippen LogP) is 2.79. The van der Waals surface area contributed by atoms with Crippen LogP contribution in [0.25, 0.3) is 16.6 Å². The summed E-state index contributed by atoms with van der Waals surface area (Å²) >= 11 is 0. The normalized spacial score (nSPS) is 10.6. The van der Waals surface area contributed by atoms with Gasteiger partial charge in [-0.1, -0.05) is 30.3 Å². The van der Waals surface area contributed by atoms with Gasteiger partial charge in [0.25, 0.3) is 0 Å². The summed E-state index contributed by atoms with van der Waals surface area (Å²) in [7, 11) is 1.38. The van der Waals surface area contributed by atoms with Crippen molar-refractivity contribution in [3.05, 3.63) is 60.7 Å². The zero-order valence-corrected chi connectivity index (χ0v) is 10.4. The number of fused-ring (bicyclic) bond motifs is 1. The van der Waals surface area contributed by atoms with E-state index in [1.54, 1.807) is 16.9 Å². The molecule has 0 bridgehead atoms. The second-order valence-corrected chi connectivity index (χ2v) is 4.14. The molecule has 1 aromatic carbocycles. The molecule has 0 amide bonds. The van der Waals surface area contributed by atoms with E-state index in [1.165, 1.54) is 7.11 Å². The van der Waals surface area contributed by atoms with Crippen molar-refractivity contribution < 1.29 is 9.53 Å². The van der Waals surface area contributed by atoms with E-state index in [0.717, 1.165) is 16.6 Å². The maximum absolute atomic E-state index is 12.0. The van der Waals surface area contributed by atoms with Gasteiger partial charge in [-0.05, 0) is 17.7 Å². The number of rotatable bonds is 2. The number of ether oxygens (including phenoxy) is 1. The van der Waals surface area contributed by atoms with Crippen LogP contribution in [0.5, 0.6) is 0 Å². The van der Waals surface area contributed by atoms with E-state index >= 15 is 0 Å². The maximum atomic E-state index is 12.0. The van der Waals surface area contributed by atoms with Gasteiger partial charge < -0.3 is 4.74 Å². The Balaban J connectivity index is 2.32. The van der Waals surface area contributed by atoms with Crippen LogP contribution in [0, 0.1) is 0 Å². The summed E-state index contributed by atoms with van der Waals surface area (Å²) in [5.74, 6) is -0.373. The minimum absolute atomic E-state index is 0.373. The lowest BCUT2D eigenvalue weighted by molar-refractivity contribution is 0.0593. The lowest BCUT2D eigenvalue weighted by Crippen LogP contribution is -2.09. The molecular weight excluding hydrogens is 240 g/mol. The molecule has 2 aromatic heterocycles. The quantitative estimate of drug-likeness (QED) is 0.659. The Kier molecular flexibility index (Phi) is 2.76. The second-order valence-electron chi connectivity index (χ2n) is 4.14. The molecule has 0 aliphatic carbocycles. The maximum Gasteiger partial charge on any atom is 0.355 e. The SMILES string of the molecule is COC(=O)c1c(-c2ccccc2)ccc2cncn12. The van der Waals surface area contributed by atoms with Crippen LogP contribution in [0.1, 0.15) is 10.5 Å². The lowest BCUT2D eigenvalue weighted by atomic mass is 10.0. The Morgan fingerprint density at radius 3 is 2.68 bits per heavy atom. The summed E-state index contributed by atoms with van der Waals surface area (Å²) in [4.78, 5) is 16.1. The van der Waals surface area contributed by atoms with E-state index in [0.29, 0.717) is 5.69 Å². The third-order valence-electron chi connectivity index (χ3n) is 3.05. The Morgan fingerprint density at radius 1 is 1.16 bits per heavy atom. The number of hydrogen-bond donors (Lipinski definition) is 0. The molecule has 2 heterocycles. The highest BCUT2D eigenvalue weighted by atomic mass is 16.5. The number of aromatic nitrogens is 2. The number of pyridine rings is 1. The van der Waals surface area contributed by atoms with Crippen LogP contribution in [0.2, 0.25) is 0 Å². The summed E-state index contributed by atoms with van der Waals surface area (Å²) in [5.41, 5.74) is 3.15. The number of nitrogens with zero attached hydrogens (tertiary/aromatic N) is 2. The number of carbonyl (C=O) groups excluding carboxylic acids is 1. The second kappa shape index (κ2) is 4.57. The average molecular weight is 252 g/mol. The zero-order valence-electron chi connectivity index (χ0n) is 10.4. The molecule has 3 aromatic rings. The van der Waals surface area contributed by atoms with Gasteiger partial charge in [-0.15, -0.1) is 0 Å². The fourth-order valence-corrected chi connectivity index (χ4v) is 2.15. The molecule has 0 unspecified atom stereocenters. The van der Waals surface area contributed by atoms with E-state index in [2.05, 4.69) is 4.98 Å². The Morgan fingerprint density at radius 2 is 1.95 bits per heavy atom. The van der Waals surface area contributed by atoms with Crippen molar-refractivity contribution in [3.63, 3.8) is 0 Å². The van der Waals surface area contributed by atoms with Crippen molar-refractivity contribution in [2.75, 3.05) is 7.11 Å². The van der Waals surface area contributed by atoms with Crippen LogP contribution in [0.4, 0.5) is 0 Å². The molecule has 0 saturated carbocycles. The highest BCUT2D eigenvalue weighted by Gasteiger charge is 2.17. The monoisotopic (exact) mass is 252 g/mol. The van der Waals surface area contributed by atoms with Crippen LogP contribution in [-0.4, -0.2) is 22.5 Å². The van der Waals surface area contributed by atoms with Crippen LogP contribution in [0.3, 0.4) is 0 Å². The van der Waals surface area contributed by atoms with Crippen molar-refractivity contribution in [2.24, 2.45) is 0 Å². The van der Waals surface area contributed by atoms with Crippen molar-refractivity contribution in [1.82, 2.24) is 9.38 Å². The van der Waals surface area contributed by atoms with Gasteiger partial charge in [0.2, 0.25) is 0 Å². The van der Waals surface area contributed by atoms with Crippen molar-refractivity contribution >= 4 is 11.5 Å². The van der Waals surface area contributed by atoms with Crippen molar-refractivity contribution in [2.45, 2.75) is 0 Å². The van der Waals surface area contributed by atoms with Gasteiger partial charge in [0, 0.05) is 5.56 Å². The van der Waals surface area contributed by atoms with E-state index in [1.807, 2.05) is 42.5 Å².